The van der Waals surface area contributed by atoms with Crippen LogP contribution in [0.3, 0.4) is 0 Å². The Kier molecular flexibility index (Phi) is 7.01. The summed E-state index contributed by atoms with van der Waals surface area (Å²) >= 11 is 0. The van der Waals surface area contributed by atoms with Crippen LogP contribution < -0.4 is 5.32 Å². The molecule has 24 heavy (non-hydrogen) atoms. The fourth-order valence-electron chi connectivity index (χ4n) is 2.62. The molecule has 0 aliphatic rings. The molecule has 0 unspecified atom stereocenters. The number of amides is 1. The highest BCUT2D eigenvalue weighted by Crippen LogP contribution is 2.08. The maximum Gasteiger partial charge on any atom is 0.220 e. The van der Waals surface area contributed by atoms with Gasteiger partial charge in [0.2, 0.25) is 5.91 Å². The molecule has 1 amide bonds. The number of carbonyl (C=O) groups is 1. The largest absolute Gasteiger partial charge is 0.352 e. The number of hydrogen-bond donors (Lipinski definition) is 1. The fourth-order valence-corrected chi connectivity index (χ4v) is 2.62. The van der Waals surface area contributed by atoms with Gasteiger partial charge in [0.1, 0.15) is 0 Å². The molecular formula is C21H28N2O. The molecule has 0 aliphatic heterocycles. The zero-order chi connectivity index (χ0) is 17.4. The second-order valence-corrected chi connectivity index (χ2v) is 6.50. The summed E-state index contributed by atoms with van der Waals surface area (Å²) in [4.78, 5) is 14.2. The second kappa shape index (κ2) is 9.24. The van der Waals surface area contributed by atoms with E-state index in [0.29, 0.717) is 13.0 Å². The summed E-state index contributed by atoms with van der Waals surface area (Å²) < 4.78 is 0. The monoisotopic (exact) mass is 324 g/mol. The van der Waals surface area contributed by atoms with Gasteiger partial charge in [-0.05, 0) is 49.2 Å². The van der Waals surface area contributed by atoms with Crippen LogP contribution in [0.2, 0.25) is 0 Å². The topological polar surface area (TPSA) is 32.3 Å². The van der Waals surface area contributed by atoms with Crippen molar-refractivity contribution in [2.75, 3.05) is 14.1 Å². The Labute approximate surface area is 145 Å². The third-order valence-corrected chi connectivity index (χ3v) is 4.08. The summed E-state index contributed by atoms with van der Waals surface area (Å²) in [7, 11) is 4.12. The van der Waals surface area contributed by atoms with Gasteiger partial charge in [0.05, 0.1) is 0 Å². The van der Waals surface area contributed by atoms with E-state index < -0.39 is 0 Å². The Bertz CT molecular complexity index is 630. The Morgan fingerprint density at radius 1 is 0.875 bits per heavy atom. The van der Waals surface area contributed by atoms with E-state index in [-0.39, 0.29) is 5.91 Å². The first kappa shape index (κ1) is 18.2. The van der Waals surface area contributed by atoms with E-state index in [1.807, 2.05) is 0 Å². The molecule has 3 nitrogen and oxygen atoms in total. The van der Waals surface area contributed by atoms with E-state index in [1.165, 1.54) is 16.7 Å². The number of nitrogens with zero attached hydrogens (tertiary/aromatic N) is 1. The minimum atomic E-state index is 0.104. The third kappa shape index (κ3) is 6.17. The Balaban J connectivity index is 1.74. The summed E-state index contributed by atoms with van der Waals surface area (Å²) in [6, 6.07) is 16.9. The normalized spacial score (nSPS) is 10.8. The lowest BCUT2D eigenvalue weighted by Gasteiger charge is -2.10. The Morgan fingerprint density at radius 3 is 2.00 bits per heavy atom. The number of benzene rings is 2. The molecule has 0 fully saturated rings. The van der Waals surface area contributed by atoms with Gasteiger partial charge >= 0.3 is 0 Å². The van der Waals surface area contributed by atoms with Crippen molar-refractivity contribution in [2.24, 2.45) is 0 Å². The lowest BCUT2D eigenvalue weighted by molar-refractivity contribution is -0.121. The Morgan fingerprint density at radius 2 is 1.42 bits per heavy atom. The zero-order valence-electron chi connectivity index (χ0n) is 15.0. The van der Waals surface area contributed by atoms with Gasteiger partial charge in [-0.1, -0.05) is 55.5 Å². The lowest BCUT2D eigenvalue weighted by atomic mass is 10.1. The van der Waals surface area contributed by atoms with Gasteiger partial charge < -0.3 is 10.2 Å². The van der Waals surface area contributed by atoms with Crippen LogP contribution in [0.15, 0.2) is 48.5 Å². The summed E-state index contributed by atoms with van der Waals surface area (Å²) in [6.07, 6.45) is 2.37. The SMILES string of the molecule is CCc1ccc(CCC(=O)NCc2ccc(CN(C)C)cc2)cc1. The number of carbonyl (C=O) groups excluding carboxylic acids is 1. The van der Waals surface area contributed by atoms with Crippen molar-refractivity contribution in [3.63, 3.8) is 0 Å². The van der Waals surface area contributed by atoms with Crippen LogP contribution in [-0.4, -0.2) is 24.9 Å². The van der Waals surface area contributed by atoms with Gasteiger partial charge in [-0.25, -0.2) is 0 Å². The van der Waals surface area contributed by atoms with Gasteiger partial charge in [-0.3, -0.25) is 4.79 Å². The van der Waals surface area contributed by atoms with Gasteiger partial charge in [0.15, 0.2) is 0 Å². The summed E-state index contributed by atoms with van der Waals surface area (Å²) in [5.41, 5.74) is 4.97. The summed E-state index contributed by atoms with van der Waals surface area (Å²) in [5, 5.41) is 3.00. The molecule has 0 radical (unpaired) electrons. The van der Waals surface area contributed by atoms with Crippen LogP contribution in [0.1, 0.15) is 35.6 Å². The molecule has 2 rings (SSSR count). The first-order valence-electron chi connectivity index (χ1n) is 8.64. The van der Waals surface area contributed by atoms with Crippen LogP contribution in [0.4, 0.5) is 0 Å². The molecule has 128 valence electrons. The predicted octanol–water partition coefficient (Wildman–Crippen LogP) is 3.56. The van der Waals surface area contributed by atoms with Crippen molar-refractivity contribution in [1.82, 2.24) is 10.2 Å². The molecule has 0 aliphatic carbocycles. The van der Waals surface area contributed by atoms with Crippen molar-refractivity contribution < 1.29 is 4.79 Å². The molecule has 0 aromatic heterocycles. The molecule has 0 heterocycles. The Hall–Kier alpha value is -2.13. The molecule has 0 saturated carbocycles. The van der Waals surface area contributed by atoms with Crippen LogP contribution >= 0.6 is 0 Å². The predicted molar refractivity (Wildman–Crippen MR) is 99.8 cm³/mol. The molecule has 1 N–H and O–H groups in total. The number of hydrogen-bond acceptors (Lipinski definition) is 2. The molecule has 0 saturated heterocycles. The number of aryl methyl sites for hydroxylation is 2. The highest BCUT2D eigenvalue weighted by atomic mass is 16.1. The molecule has 2 aromatic rings. The maximum absolute atomic E-state index is 12.0. The average Bonchev–Trinajstić information content (AvgIpc) is 2.59. The van der Waals surface area contributed by atoms with Crippen LogP contribution in [0.25, 0.3) is 0 Å². The molecule has 2 aromatic carbocycles. The fraction of sp³-hybridized carbons (Fsp3) is 0.381. The van der Waals surface area contributed by atoms with E-state index in [4.69, 9.17) is 0 Å². The zero-order valence-corrected chi connectivity index (χ0v) is 15.0. The van der Waals surface area contributed by atoms with Gasteiger partial charge in [0, 0.05) is 19.5 Å². The maximum atomic E-state index is 12.0. The van der Waals surface area contributed by atoms with Crippen molar-refractivity contribution in [3.05, 3.63) is 70.8 Å². The van der Waals surface area contributed by atoms with E-state index in [2.05, 4.69) is 79.8 Å². The lowest BCUT2D eigenvalue weighted by Crippen LogP contribution is -2.23. The average molecular weight is 324 g/mol. The molecule has 0 atom stereocenters. The molecule has 0 bridgehead atoms. The minimum Gasteiger partial charge on any atom is -0.352 e. The van der Waals surface area contributed by atoms with E-state index >= 15 is 0 Å². The van der Waals surface area contributed by atoms with Crippen molar-refractivity contribution in [3.8, 4) is 0 Å². The van der Waals surface area contributed by atoms with E-state index in [9.17, 15) is 4.79 Å². The smallest absolute Gasteiger partial charge is 0.220 e. The second-order valence-electron chi connectivity index (χ2n) is 6.50. The molecule has 3 heteroatoms. The molecule has 0 spiro atoms. The van der Waals surface area contributed by atoms with Crippen LogP contribution in [-0.2, 0) is 30.7 Å². The van der Waals surface area contributed by atoms with Gasteiger partial charge in [-0.2, -0.15) is 0 Å². The van der Waals surface area contributed by atoms with Crippen LogP contribution in [0, 0.1) is 0 Å². The first-order chi connectivity index (χ1) is 11.6. The van der Waals surface area contributed by atoms with E-state index in [0.717, 1.165) is 24.9 Å². The van der Waals surface area contributed by atoms with E-state index in [1.54, 1.807) is 0 Å². The number of rotatable bonds is 8. The van der Waals surface area contributed by atoms with Crippen molar-refractivity contribution in [1.29, 1.82) is 0 Å². The van der Waals surface area contributed by atoms with Crippen molar-refractivity contribution >= 4 is 5.91 Å². The molecular weight excluding hydrogens is 296 g/mol. The first-order valence-corrected chi connectivity index (χ1v) is 8.64. The van der Waals surface area contributed by atoms with Crippen molar-refractivity contribution in [2.45, 2.75) is 39.3 Å². The highest BCUT2D eigenvalue weighted by molar-refractivity contribution is 5.76. The number of nitrogens with one attached hydrogen (secondary N) is 1. The van der Waals surface area contributed by atoms with Gasteiger partial charge in [-0.15, -0.1) is 0 Å². The summed E-state index contributed by atoms with van der Waals surface area (Å²) in [5.74, 6) is 0.104. The minimum absolute atomic E-state index is 0.104. The quantitative estimate of drug-likeness (QED) is 0.805. The van der Waals surface area contributed by atoms with Crippen LogP contribution in [0.5, 0.6) is 0 Å². The summed E-state index contributed by atoms with van der Waals surface area (Å²) in [6.45, 7) is 3.68. The standard InChI is InChI=1S/C21H28N2O/c1-4-17-5-7-18(8-6-17)13-14-21(24)22-15-19-9-11-20(12-10-19)16-23(2)3/h5-12H,4,13-16H2,1-3H3,(H,22,24). The highest BCUT2D eigenvalue weighted by Gasteiger charge is 2.03. The third-order valence-electron chi connectivity index (χ3n) is 4.08. The van der Waals surface area contributed by atoms with Gasteiger partial charge in [0.25, 0.3) is 0 Å².